The first-order chi connectivity index (χ1) is 8.70. The highest BCUT2D eigenvalue weighted by Crippen LogP contribution is 2.44. The van der Waals surface area contributed by atoms with Gasteiger partial charge in [-0.25, -0.2) is 0 Å². The molecule has 0 aromatic heterocycles. The van der Waals surface area contributed by atoms with Gasteiger partial charge < -0.3 is 0 Å². The summed E-state index contributed by atoms with van der Waals surface area (Å²) >= 11 is 12.8. The number of hydrogen-bond acceptors (Lipinski definition) is 1. The molecule has 0 unspecified atom stereocenters. The maximum Gasteiger partial charge on any atom is 0.193 e. The molecule has 3 rings (SSSR count). The van der Waals surface area contributed by atoms with Crippen LogP contribution >= 0.6 is 23.2 Å². The zero-order valence-electron chi connectivity index (χ0n) is 9.44. The number of rotatable bonds is 0. The van der Waals surface area contributed by atoms with E-state index in [4.69, 9.17) is 23.2 Å². The molecule has 3 heteroatoms. The maximum absolute atomic E-state index is 12.5. The fourth-order valence-electron chi connectivity index (χ4n) is 2.35. The highest BCUT2D eigenvalue weighted by atomic mass is 35.5. The van der Waals surface area contributed by atoms with Crippen molar-refractivity contribution in [3.8, 4) is 0 Å². The molecule has 1 aliphatic carbocycles. The quantitative estimate of drug-likeness (QED) is 0.648. The Morgan fingerprint density at radius 1 is 0.722 bits per heavy atom. The van der Waals surface area contributed by atoms with Crippen LogP contribution in [0.25, 0.3) is 0 Å². The standard InChI is InChI=1S/C15H10Cl2O/c16-13-9-5-1-3-7-11(9)15(18)12-8-4-2-6-10(12)14(13)17/h1-8,13-14H/t13-,14-/m1/s1. The van der Waals surface area contributed by atoms with E-state index in [-0.39, 0.29) is 5.78 Å². The van der Waals surface area contributed by atoms with Crippen LogP contribution in [0.1, 0.15) is 37.8 Å². The Hall–Kier alpha value is -1.31. The summed E-state index contributed by atoms with van der Waals surface area (Å²) in [7, 11) is 0. The molecule has 0 saturated carbocycles. The van der Waals surface area contributed by atoms with Crippen molar-refractivity contribution in [1.82, 2.24) is 0 Å². The van der Waals surface area contributed by atoms with Gasteiger partial charge in [0.15, 0.2) is 5.78 Å². The molecule has 0 heterocycles. The van der Waals surface area contributed by atoms with Gasteiger partial charge in [-0.3, -0.25) is 4.79 Å². The lowest BCUT2D eigenvalue weighted by Crippen LogP contribution is -2.03. The molecule has 0 spiro atoms. The van der Waals surface area contributed by atoms with Crippen LogP contribution in [0.2, 0.25) is 0 Å². The summed E-state index contributed by atoms with van der Waals surface area (Å²) in [5.74, 6) is -0.00463. The van der Waals surface area contributed by atoms with Crippen LogP contribution in [0.4, 0.5) is 0 Å². The van der Waals surface area contributed by atoms with Crippen molar-refractivity contribution in [3.63, 3.8) is 0 Å². The van der Waals surface area contributed by atoms with Gasteiger partial charge in [0.25, 0.3) is 0 Å². The molecule has 90 valence electrons. The molecule has 0 fully saturated rings. The van der Waals surface area contributed by atoms with Crippen molar-refractivity contribution in [2.24, 2.45) is 0 Å². The fourth-order valence-corrected chi connectivity index (χ4v) is 3.00. The minimum Gasteiger partial charge on any atom is -0.289 e. The Kier molecular flexibility index (Phi) is 2.89. The van der Waals surface area contributed by atoms with E-state index >= 15 is 0 Å². The SMILES string of the molecule is O=C1c2ccccc2[C@@H](Cl)[C@H](Cl)c2ccccc21. The second-order valence-corrected chi connectivity index (χ2v) is 5.25. The first-order valence-corrected chi connectivity index (χ1v) is 6.58. The number of halogens is 2. The van der Waals surface area contributed by atoms with Crippen molar-refractivity contribution in [2.75, 3.05) is 0 Å². The first kappa shape index (κ1) is 11.8. The van der Waals surface area contributed by atoms with Crippen molar-refractivity contribution in [1.29, 1.82) is 0 Å². The van der Waals surface area contributed by atoms with Gasteiger partial charge in [0.05, 0.1) is 10.8 Å². The zero-order chi connectivity index (χ0) is 12.7. The molecule has 0 aliphatic heterocycles. The van der Waals surface area contributed by atoms with Crippen LogP contribution in [0.15, 0.2) is 48.5 Å². The summed E-state index contributed by atoms with van der Waals surface area (Å²) in [6.45, 7) is 0. The Labute approximate surface area is 115 Å². The summed E-state index contributed by atoms with van der Waals surface area (Å²) in [6, 6.07) is 14.8. The Morgan fingerprint density at radius 3 is 1.56 bits per heavy atom. The third kappa shape index (κ3) is 1.66. The van der Waals surface area contributed by atoms with E-state index in [1.807, 2.05) is 36.4 Å². The summed E-state index contributed by atoms with van der Waals surface area (Å²) in [4.78, 5) is 12.5. The molecule has 1 nitrogen and oxygen atoms in total. The van der Waals surface area contributed by atoms with Crippen LogP contribution in [-0.2, 0) is 0 Å². The average molecular weight is 277 g/mol. The minimum atomic E-state index is -0.393. The van der Waals surface area contributed by atoms with Crippen LogP contribution in [0.3, 0.4) is 0 Å². The van der Waals surface area contributed by atoms with Crippen molar-refractivity contribution in [2.45, 2.75) is 10.8 Å². The van der Waals surface area contributed by atoms with E-state index in [0.29, 0.717) is 11.1 Å². The molecule has 0 saturated heterocycles. The van der Waals surface area contributed by atoms with Crippen molar-refractivity contribution >= 4 is 29.0 Å². The molecule has 2 aromatic rings. The van der Waals surface area contributed by atoms with E-state index in [9.17, 15) is 4.79 Å². The highest BCUT2D eigenvalue weighted by Gasteiger charge is 2.32. The van der Waals surface area contributed by atoms with E-state index in [0.717, 1.165) is 11.1 Å². The van der Waals surface area contributed by atoms with E-state index in [1.54, 1.807) is 12.1 Å². The van der Waals surface area contributed by atoms with Gasteiger partial charge in [0.2, 0.25) is 0 Å². The Bertz CT molecular complexity index is 568. The average Bonchev–Trinajstić information content (AvgIpc) is 2.51. The second-order valence-electron chi connectivity index (χ2n) is 4.31. The van der Waals surface area contributed by atoms with Gasteiger partial charge >= 0.3 is 0 Å². The van der Waals surface area contributed by atoms with Gasteiger partial charge in [0, 0.05) is 11.1 Å². The second kappa shape index (κ2) is 4.42. The number of carbonyl (C=O) groups excluding carboxylic acids is 1. The lowest BCUT2D eigenvalue weighted by atomic mass is 9.99. The lowest BCUT2D eigenvalue weighted by molar-refractivity contribution is 0.103. The predicted octanol–water partition coefficient (Wildman–Crippen LogP) is 4.49. The van der Waals surface area contributed by atoms with E-state index in [1.165, 1.54) is 0 Å². The van der Waals surface area contributed by atoms with Gasteiger partial charge in [-0.15, -0.1) is 23.2 Å². The van der Waals surface area contributed by atoms with E-state index < -0.39 is 10.8 Å². The van der Waals surface area contributed by atoms with Crippen LogP contribution < -0.4 is 0 Å². The molecule has 0 amide bonds. The van der Waals surface area contributed by atoms with Gasteiger partial charge in [-0.2, -0.15) is 0 Å². The molecular weight excluding hydrogens is 267 g/mol. The normalized spacial score (nSPS) is 22.0. The van der Waals surface area contributed by atoms with Gasteiger partial charge in [-0.05, 0) is 11.1 Å². The van der Waals surface area contributed by atoms with Crippen molar-refractivity contribution in [3.05, 3.63) is 70.8 Å². The molecule has 2 aromatic carbocycles. The van der Waals surface area contributed by atoms with Crippen LogP contribution in [0.5, 0.6) is 0 Å². The molecule has 0 radical (unpaired) electrons. The summed E-state index contributed by atoms with van der Waals surface area (Å²) in [5, 5.41) is -0.786. The minimum absolute atomic E-state index is 0.00463. The zero-order valence-corrected chi connectivity index (χ0v) is 10.9. The topological polar surface area (TPSA) is 17.1 Å². The third-order valence-corrected chi connectivity index (χ3v) is 4.37. The van der Waals surface area contributed by atoms with E-state index in [2.05, 4.69) is 0 Å². The van der Waals surface area contributed by atoms with Crippen molar-refractivity contribution < 1.29 is 4.79 Å². The number of carbonyl (C=O) groups is 1. The number of ketones is 1. The lowest BCUT2D eigenvalue weighted by Gasteiger charge is -2.15. The predicted molar refractivity (Wildman–Crippen MR) is 73.5 cm³/mol. The highest BCUT2D eigenvalue weighted by molar-refractivity contribution is 6.32. The third-order valence-electron chi connectivity index (χ3n) is 3.26. The monoisotopic (exact) mass is 276 g/mol. The maximum atomic E-state index is 12.5. The number of fused-ring (bicyclic) bond motifs is 2. The fraction of sp³-hybridized carbons (Fsp3) is 0.133. The van der Waals surface area contributed by atoms with Gasteiger partial charge in [0.1, 0.15) is 0 Å². The molecule has 0 bridgehead atoms. The molecule has 2 atom stereocenters. The van der Waals surface area contributed by atoms with Gasteiger partial charge in [-0.1, -0.05) is 48.5 Å². The van der Waals surface area contributed by atoms with Crippen LogP contribution in [0, 0.1) is 0 Å². The number of alkyl halides is 2. The number of hydrogen-bond donors (Lipinski definition) is 0. The number of benzene rings is 2. The molecule has 0 N–H and O–H groups in total. The largest absolute Gasteiger partial charge is 0.289 e. The first-order valence-electron chi connectivity index (χ1n) is 5.71. The van der Waals surface area contributed by atoms with Crippen LogP contribution in [-0.4, -0.2) is 5.78 Å². The Morgan fingerprint density at radius 2 is 1.11 bits per heavy atom. The summed E-state index contributed by atoms with van der Waals surface area (Å²) < 4.78 is 0. The molecule has 1 aliphatic rings. The smallest absolute Gasteiger partial charge is 0.193 e. The molecule has 18 heavy (non-hydrogen) atoms. The molecular formula is C15H10Cl2O. The Balaban J connectivity index is 2.31. The summed E-state index contributed by atoms with van der Waals surface area (Å²) in [5.41, 5.74) is 2.90. The summed E-state index contributed by atoms with van der Waals surface area (Å²) in [6.07, 6.45) is 0.